The van der Waals surface area contributed by atoms with Gasteiger partial charge in [0, 0.05) is 38.6 Å². The van der Waals surface area contributed by atoms with Gasteiger partial charge in [-0.25, -0.2) is 0 Å². The van der Waals surface area contributed by atoms with Crippen LogP contribution in [0.3, 0.4) is 0 Å². The number of nitrogens with zero attached hydrogens (tertiary/aromatic N) is 2. The second kappa shape index (κ2) is 13.3. The molecule has 116 valence electrons. The standard InChI is InChI=1S/C15H28N4.HI/c1-3-5-6-7-10-17-15(16-4-2)18-11-14-19-12-8-9-13-19;/h8-9,12-13H,3-7,10-11,14H2,1-2H3,(H2,16,17,18);1H. The molecule has 1 rings (SSSR count). The molecule has 0 aliphatic heterocycles. The number of hydrogen-bond donors (Lipinski definition) is 2. The Labute approximate surface area is 140 Å². The van der Waals surface area contributed by atoms with Crippen LogP contribution in [0.4, 0.5) is 0 Å². The summed E-state index contributed by atoms with van der Waals surface area (Å²) in [6.45, 7) is 8.02. The molecule has 0 spiro atoms. The van der Waals surface area contributed by atoms with Crippen LogP contribution in [0.1, 0.15) is 39.5 Å². The maximum absolute atomic E-state index is 4.59. The molecule has 2 N–H and O–H groups in total. The van der Waals surface area contributed by atoms with E-state index in [4.69, 9.17) is 0 Å². The fourth-order valence-electron chi connectivity index (χ4n) is 1.89. The van der Waals surface area contributed by atoms with Gasteiger partial charge in [0.15, 0.2) is 5.96 Å². The van der Waals surface area contributed by atoms with Gasteiger partial charge >= 0.3 is 0 Å². The van der Waals surface area contributed by atoms with E-state index in [0.717, 1.165) is 32.1 Å². The van der Waals surface area contributed by atoms with Gasteiger partial charge in [0.25, 0.3) is 0 Å². The van der Waals surface area contributed by atoms with Crippen molar-refractivity contribution in [3.8, 4) is 0 Å². The summed E-state index contributed by atoms with van der Waals surface area (Å²) in [5, 5.41) is 6.65. The molecule has 0 amide bonds. The summed E-state index contributed by atoms with van der Waals surface area (Å²) < 4.78 is 2.16. The van der Waals surface area contributed by atoms with Crippen LogP contribution in [0.25, 0.3) is 0 Å². The van der Waals surface area contributed by atoms with E-state index in [1.807, 2.05) is 12.1 Å². The SMILES string of the molecule is CCCCCCN=C(NCC)NCCn1cccc1.I. The summed E-state index contributed by atoms with van der Waals surface area (Å²) in [4.78, 5) is 4.59. The van der Waals surface area contributed by atoms with Gasteiger partial charge in [-0.1, -0.05) is 26.2 Å². The average Bonchev–Trinajstić information content (AvgIpc) is 2.91. The number of hydrogen-bond acceptors (Lipinski definition) is 1. The summed E-state index contributed by atoms with van der Waals surface area (Å²) in [5.74, 6) is 0.936. The van der Waals surface area contributed by atoms with Gasteiger partial charge in [-0.3, -0.25) is 4.99 Å². The minimum atomic E-state index is 0. The van der Waals surface area contributed by atoms with E-state index in [1.54, 1.807) is 0 Å². The van der Waals surface area contributed by atoms with E-state index in [-0.39, 0.29) is 24.0 Å². The summed E-state index contributed by atoms with van der Waals surface area (Å²) in [7, 11) is 0. The van der Waals surface area contributed by atoms with Gasteiger partial charge in [0.1, 0.15) is 0 Å². The fraction of sp³-hybridized carbons (Fsp3) is 0.667. The normalized spacial score (nSPS) is 11.0. The Morgan fingerprint density at radius 1 is 1.05 bits per heavy atom. The van der Waals surface area contributed by atoms with Crippen LogP contribution in [0.15, 0.2) is 29.5 Å². The zero-order valence-electron chi connectivity index (χ0n) is 12.8. The molecular formula is C15H29IN4. The predicted octanol–water partition coefficient (Wildman–Crippen LogP) is 3.24. The summed E-state index contributed by atoms with van der Waals surface area (Å²) in [5.41, 5.74) is 0. The Morgan fingerprint density at radius 2 is 1.80 bits per heavy atom. The zero-order valence-corrected chi connectivity index (χ0v) is 15.1. The number of nitrogens with one attached hydrogen (secondary N) is 2. The van der Waals surface area contributed by atoms with Gasteiger partial charge in [-0.05, 0) is 25.5 Å². The Balaban J connectivity index is 0.00000361. The third-order valence-corrected chi connectivity index (χ3v) is 2.95. The molecule has 1 aromatic rings. The Hall–Kier alpha value is -0.720. The molecule has 4 nitrogen and oxygen atoms in total. The maximum Gasteiger partial charge on any atom is 0.191 e. The lowest BCUT2D eigenvalue weighted by Crippen LogP contribution is -2.38. The molecule has 0 bridgehead atoms. The molecule has 20 heavy (non-hydrogen) atoms. The van der Waals surface area contributed by atoms with Crippen LogP contribution >= 0.6 is 24.0 Å². The first kappa shape index (κ1) is 19.3. The molecule has 0 saturated heterocycles. The van der Waals surface area contributed by atoms with E-state index in [9.17, 15) is 0 Å². The fourth-order valence-corrected chi connectivity index (χ4v) is 1.89. The number of halogens is 1. The molecule has 1 aromatic heterocycles. The van der Waals surface area contributed by atoms with Crippen molar-refractivity contribution in [2.45, 2.75) is 46.1 Å². The van der Waals surface area contributed by atoms with Crippen LogP contribution in [0.2, 0.25) is 0 Å². The topological polar surface area (TPSA) is 41.4 Å². The maximum atomic E-state index is 4.59. The average molecular weight is 392 g/mol. The van der Waals surface area contributed by atoms with Crippen molar-refractivity contribution in [1.82, 2.24) is 15.2 Å². The highest BCUT2D eigenvalue weighted by Crippen LogP contribution is 1.98. The van der Waals surface area contributed by atoms with Crippen molar-refractivity contribution in [3.63, 3.8) is 0 Å². The third kappa shape index (κ3) is 9.23. The van der Waals surface area contributed by atoms with Gasteiger partial charge in [0.2, 0.25) is 0 Å². The molecule has 0 radical (unpaired) electrons. The van der Waals surface area contributed by atoms with Crippen molar-refractivity contribution in [1.29, 1.82) is 0 Å². The number of guanidine groups is 1. The van der Waals surface area contributed by atoms with Gasteiger partial charge < -0.3 is 15.2 Å². The lowest BCUT2D eigenvalue weighted by molar-refractivity contribution is 0.654. The van der Waals surface area contributed by atoms with Crippen LogP contribution in [0.5, 0.6) is 0 Å². The first-order chi connectivity index (χ1) is 9.36. The van der Waals surface area contributed by atoms with E-state index in [0.29, 0.717) is 0 Å². The summed E-state index contributed by atoms with van der Waals surface area (Å²) in [6, 6.07) is 4.10. The third-order valence-electron chi connectivity index (χ3n) is 2.95. The molecule has 0 fully saturated rings. The highest BCUT2D eigenvalue weighted by molar-refractivity contribution is 14.0. The molecular weight excluding hydrogens is 363 g/mol. The van der Waals surface area contributed by atoms with Gasteiger partial charge in [0.05, 0.1) is 0 Å². The molecule has 0 saturated carbocycles. The molecule has 5 heteroatoms. The van der Waals surface area contributed by atoms with Crippen molar-refractivity contribution in [3.05, 3.63) is 24.5 Å². The molecule has 0 aliphatic carbocycles. The first-order valence-electron chi connectivity index (χ1n) is 7.49. The molecule has 0 aliphatic rings. The number of unbranched alkanes of at least 4 members (excludes halogenated alkanes) is 3. The largest absolute Gasteiger partial charge is 0.357 e. The minimum absolute atomic E-state index is 0. The lowest BCUT2D eigenvalue weighted by atomic mass is 10.2. The predicted molar refractivity (Wildman–Crippen MR) is 98.0 cm³/mol. The molecule has 0 atom stereocenters. The Bertz CT molecular complexity index is 336. The van der Waals surface area contributed by atoms with Crippen molar-refractivity contribution in [2.24, 2.45) is 4.99 Å². The van der Waals surface area contributed by atoms with Crippen LogP contribution in [-0.4, -0.2) is 30.2 Å². The van der Waals surface area contributed by atoms with Crippen LogP contribution < -0.4 is 10.6 Å². The first-order valence-corrected chi connectivity index (χ1v) is 7.49. The smallest absolute Gasteiger partial charge is 0.191 e. The Kier molecular flexibility index (Phi) is 12.8. The number of aromatic nitrogens is 1. The minimum Gasteiger partial charge on any atom is -0.357 e. The van der Waals surface area contributed by atoms with E-state index in [2.05, 4.69) is 46.4 Å². The van der Waals surface area contributed by atoms with E-state index in [1.165, 1.54) is 25.7 Å². The van der Waals surface area contributed by atoms with Crippen molar-refractivity contribution >= 4 is 29.9 Å². The number of aliphatic imine (C=N–C) groups is 1. The van der Waals surface area contributed by atoms with Crippen molar-refractivity contribution in [2.75, 3.05) is 19.6 Å². The summed E-state index contributed by atoms with van der Waals surface area (Å²) in [6.07, 6.45) is 9.21. The van der Waals surface area contributed by atoms with Crippen LogP contribution in [0, 0.1) is 0 Å². The number of rotatable bonds is 9. The lowest BCUT2D eigenvalue weighted by Gasteiger charge is -2.11. The molecule has 0 unspecified atom stereocenters. The summed E-state index contributed by atoms with van der Waals surface area (Å²) >= 11 is 0. The zero-order chi connectivity index (χ0) is 13.8. The van der Waals surface area contributed by atoms with E-state index >= 15 is 0 Å². The second-order valence-corrected chi connectivity index (χ2v) is 4.67. The van der Waals surface area contributed by atoms with Crippen molar-refractivity contribution < 1.29 is 0 Å². The highest BCUT2D eigenvalue weighted by Gasteiger charge is 1.96. The highest BCUT2D eigenvalue weighted by atomic mass is 127. The Morgan fingerprint density at radius 3 is 2.45 bits per heavy atom. The van der Waals surface area contributed by atoms with E-state index < -0.39 is 0 Å². The monoisotopic (exact) mass is 392 g/mol. The van der Waals surface area contributed by atoms with Gasteiger partial charge in [-0.2, -0.15) is 0 Å². The molecule has 1 heterocycles. The second-order valence-electron chi connectivity index (χ2n) is 4.67. The quantitative estimate of drug-likeness (QED) is 0.293. The molecule has 0 aromatic carbocycles. The van der Waals surface area contributed by atoms with Gasteiger partial charge in [-0.15, -0.1) is 24.0 Å². The van der Waals surface area contributed by atoms with Crippen LogP contribution in [-0.2, 0) is 6.54 Å².